The second-order valence-electron chi connectivity index (χ2n) is 3.47. The lowest BCUT2D eigenvalue weighted by molar-refractivity contribution is 0.507. The van der Waals surface area contributed by atoms with Gasteiger partial charge in [-0.1, -0.05) is 0 Å². The van der Waals surface area contributed by atoms with Crippen LogP contribution in [0.25, 0.3) is 0 Å². The zero-order valence-corrected chi connectivity index (χ0v) is 8.71. The Morgan fingerprint density at radius 3 is 2.20 bits per heavy atom. The molecule has 0 aromatic heterocycles. The molecule has 5 heteroatoms. The molecule has 1 N–H and O–H groups in total. The highest BCUT2D eigenvalue weighted by molar-refractivity contribution is 5.85. The largest absolute Gasteiger partial charge is 0.316 e. The lowest BCUT2D eigenvalue weighted by atomic mass is 9.97. The summed E-state index contributed by atoms with van der Waals surface area (Å²) in [6.45, 7) is 1.31. The van der Waals surface area contributed by atoms with Crippen LogP contribution in [0.15, 0.2) is 12.1 Å². The van der Waals surface area contributed by atoms with E-state index in [0.29, 0.717) is 13.0 Å². The van der Waals surface area contributed by atoms with Gasteiger partial charge in [0.2, 0.25) is 0 Å². The van der Waals surface area contributed by atoms with Crippen LogP contribution in [0.4, 0.5) is 13.2 Å². The molecule has 0 bridgehead atoms. The minimum Gasteiger partial charge on any atom is -0.316 e. The highest BCUT2D eigenvalue weighted by Gasteiger charge is 2.24. The van der Waals surface area contributed by atoms with Crippen LogP contribution in [-0.2, 0) is 0 Å². The highest BCUT2D eigenvalue weighted by atomic mass is 35.5. The Morgan fingerprint density at radius 2 is 1.73 bits per heavy atom. The van der Waals surface area contributed by atoms with Crippen LogP contribution in [0.1, 0.15) is 17.9 Å². The normalized spacial score (nSPS) is 20.1. The van der Waals surface area contributed by atoms with Gasteiger partial charge in [-0.3, -0.25) is 0 Å². The van der Waals surface area contributed by atoms with Crippen LogP contribution in [0.2, 0.25) is 0 Å². The van der Waals surface area contributed by atoms with Crippen molar-refractivity contribution in [1.29, 1.82) is 0 Å². The SMILES string of the molecule is Cl.Fc1cc(F)c(C2CCNC2)c(F)c1. The van der Waals surface area contributed by atoms with Crippen molar-refractivity contribution in [1.82, 2.24) is 5.32 Å². The smallest absolute Gasteiger partial charge is 0.132 e. The van der Waals surface area contributed by atoms with Gasteiger partial charge in [0.05, 0.1) is 0 Å². The van der Waals surface area contributed by atoms with Crippen molar-refractivity contribution in [3.05, 3.63) is 35.1 Å². The maximum absolute atomic E-state index is 13.3. The Morgan fingerprint density at radius 1 is 1.13 bits per heavy atom. The molecule has 1 fully saturated rings. The summed E-state index contributed by atoms with van der Waals surface area (Å²) >= 11 is 0. The summed E-state index contributed by atoms with van der Waals surface area (Å²) in [6.07, 6.45) is 0.694. The van der Waals surface area contributed by atoms with E-state index in [1.165, 1.54) is 0 Å². The van der Waals surface area contributed by atoms with E-state index in [1.54, 1.807) is 0 Å². The van der Waals surface area contributed by atoms with E-state index in [2.05, 4.69) is 5.32 Å². The Labute approximate surface area is 92.1 Å². The van der Waals surface area contributed by atoms with Crippen LogP contribution in [0, 0.1) is 17.5 Å². The Bertz CT molecular complexity index is 328. The first-order valence-electron chi connectivity index (χ1n) is 4.53. The molecule has 1 atom stereocenters. The maximum Gasteiger partial charge on any atom is 0.132 e. The number of rotatable bonds is 1. The van der Waals surface area contributed by atoms with E-state index in [-0.39, 0.29) is 23.9 Å². The van der Waals surface area contributed by atoms with Gasteiger partial charge in [-0.2, -0.15) is 0 Å². The van der Waals surface area contributed by atoms with Crippen molar-refractivity contribution in [2.75, 3.05) is 13.1 Å². The molecule has 1 heterocycles. The Balaban J connectivity index is 0.00000112. The zero-order chi connectivity index (χ0) is 10.1. The third-order valence-electron chi connectivity index (χ3n) is 2.51. The monoisotopic (exact) mass is 237 g/mol. The van der Waals surface area contributed by atoms with Crippen LogP contribution in [-0.4, -0.2) is 13.1 Å². The second-order valence-corrected chi connectivity index (χ2v) is 3.47. The molecule has 84 valence electrons. The molecule has 1 aromatic rings. The van der Waals surface area contributed by atoms with Crippen molar-refractivity contribution < 1.29 is 13.2 Å². The van der Waals surface area contributed by atoms with Gasteiger partial charge in [0.25, 0.3) is 0 Å². The Kier molecular flexibility index (Phi) is 3.99. The number of nitrogens with one attached hydrogen (secondary N) is 1. The molecule has 0 amide bonds. The minimum absolute atomic E-state index is 0. The van der Waals surface area contributed by atoms with E-state index >= 15 is 0 Å². The molecule has 0 radical (unpaired) electrons. The number of hydrogen-bond donors (Lipinski definition) is 1. The summed E-state index contributed by atoms with van der Waals surface area (Å²) in [4.78, 5) is 0. The van der Waals surface area contributed by atoms with Crippen molar-refractivity contribution in [2.24, 2.45) is 0 Å². The number of hydrogen-bond acceptors (Lipinski definition) is 1. The van der Waals surface area contributed by atoms with Gasteiger partial charge in [-0.25, -0.2) is 13.2 Å². The molecule has 1 aliphatic heterocycles. The average molecular weight is 238 g/mol. The van der Waals surface area contributed by atoms with E-state index in [0.717, 1.165) is 18.7 Å². The third-order valence-corrected chi connectivity index (χ3v) is 2.51. The summed E-state index contributed by atoms with van der Waals surface area (Å²) < 4.78 is 39.1. The van der Waals surface area contributed by atoms with E-state index in [1.807, 2.05) is 0 Å². The van der Waals surface area contributed by atoms with Gasteiger partial charge in [0.1, 0.15) is 17.5 Å². The quantitative estimate of drug-likeness (QED) is 0.792. The molecule has 2 rings (SSSR count). The summed E-state index contributed by atoms with van der Waals surface area (Å²) in [5, 5.41) is 3.01. The molecule has 15 heavy (non-hydrogen) atoms. The van der Waals surface area contributed by atoms with Crippen molar-refractivity contribution in [3.63, 3.8) is 0 Å². The first kappa shape index (κ1) is 12.3. The predicted octanol–water partition coefficient (Wildman–Crippen LogP) is 2.60. The Hall–Kier alpha value is -0.740. The van der Waals surface area contributed by atoms with Crippen molar-refractivity contribution >= 4 is 12.4 Å². The van der Waals surface area contributed by atoms with Gasteiger partial charge in [-0.15, -0.1) is 12.4 Å². The third kappa shape index (κ3) is 2.44. The topological polar surface area (TPSA) is 12.0 Å². The highest BCUT2D eigenvalue weighted by Crippen LogP contribution is 2.27. The summed E-state index contributed by atoms with van der Waals surface area (Å²) in [5.74, 6) is -2.60. The minimum atomic E-state index is -0.866. The molecular weight excluding hydrogens is 227 g/mol. The van der Waals surface area contributed by atoms with Crippen LogP contribution in [0.5, 0.6) is 0 Å². The molecular formula is C10H11ClF3N. The fraction of sp³-hybridized carbons (Fsp3) is 0.400. The van der Waals surface area contributed by atoms with Gasteiger partial charge < -0.3 is 5.32 Å². The lowest BCUT2D eigenvalue weighted by Gasteiger charge is -2.11. The summed E-state index contributed by atoms with van der Waals surface area (Å²) in [6, 6.07) is 1.47. The average Bonchev–Trinajstić information content (AvgIpc) is 2.54. The van der Waals surface area contributed by atoms with Crippen LogP contribution in [0.3, 0.4) is 0 Å². The summed E-state index contributed by atoms with van der Waals surface area (Å²) in [5.41, 5.74) is 0.0106. The van der Waals surface area contributed by atoms with E-state index < -0.39 is 17.5 Å². The van der Waals surface area contributed by atoms with Gasteiger partial charge >= 0.3 is 0 Å². The van der Waals surface area contributed by atoms with Gasteiger partial charge in [-0.05, 0) is 13.0 Å². The molecule has 1 aliphatic rings. The van der Waals surface area contributed by atoms with Crippen LogP contribution < -0.4 is 5.32 Å². The summed E-state index contributed by atoms with van der Waals surface area (Å²) in [7, 11) is 0. The molecule has 0 aliphatic carbocycles. The predicted molar refractivity (Wildman–Crippen MR) is 53.8 cm³/mol. The molecule has 1 unspecified atom stereocenters. The van der Waals surface area contributed by atoms with Crippen molar-refractivity contribution in [3.8, 4) is 0 Å². The molecule has 1 aromatic carbocycles. The first-order chi connectivity index (χ1) is 6.68. The second kappa shape index (κ2) is 4.86. The molecule has 0 saturated carbocycles. The fourth-order valence-electron chi connectivity index (χ4n) is 1.84. The zero-order valence-electron chi connectivity index (χ0n) is 7.90. The lowest BCUT2D eigenvalue weighted by Crippen LogP contribution is -2.10. The number of halogens is 4. The van der Waals surface area contributed by atoms with Crippen molar-refractivity contribution in [2.45, 2.75) is 12.3 Å². The van der Waals surface area contributed by atoms with E-state index in [9.17, 15) is 13.2 Å². The fourth-order valence-corrected chi connectivity index (χ4v) is 1.84. The van der Waals surface area contributed by atoms with Crippen LogP contribution >= 0.6 is 12.4 Å². The first-order valence-corrected chi connectivity index (χ1v) is 4.53. The molecule has 1 nitrogen and oxygen atoms in total. The van der Waals surface area contributed by atoms with Gasteiger partial charge in [0.15, 0.2) is 0 Å². The standard InChI is InChI=1S/C10H10F3N.ClH/c11-7-3-8(12)10(9(13)4-7)6-1-2-14-5-6;/h3-4,6,14H,1-2,5H2;1H. The maximum atomic E-state index is 13.3. The van der Waals surface area contributed by atoms with E-state index in [4.69, 9.17) is 0 Å². The molecule has 0 spiro atoms. The molecule has 1 saturated heterocycles. The van der Waals surface area contributed by atoms with Gasteiger partial charge in [0, 0.05) is 30.2 Å². The number of benzene rings is 1.